The summed E-state index contributed by atoms with van der Waals surface area (Å²) in [6, 6.07) is 18.4. The van der Waals surface area contributed by atoms with E-state index in [2.05, 4.69) is 66.1 Å². The summed E-state index contributed by atoms with van der Waals surface area (Å²) in [4.78, 5) is 0. The fraction of sp³-hybridized carbons (Fsp3) is 0.538. The van der Waals surface area contributed by atoms with Gasteiger partial charge in [0.1, 0.15) is 5.75 Å². The summed E-state index contributed by atoms with van der Waals surface area (Å²) >= 11 is 0. The highest BCUT2D eigenvalue weighted by Crippen LogP contribution is 2.26. The molecule has 3 nitrogen and oxygen atoms in total. The van der Waals surface area contributed by atoms with Crippen molar-refractivity contribution in [2.75, 3.05) is 13.7 Å². The monoisotopic (exact) mass is 430 g/mol. The van der Waals surface area contributed by atoms with Crippen molar-refractivity contribution in [1.29, 1.82) is 0 Å². The summed E-state index contributed by atoms with van der Waals surface area (Å²) in [6.07, 6.45) is 10.2. The third-order valence-electron chi connectivity index (χ3n) is 6.09. The summed E-state index contributed by atoms with van der Waals surface area (Å²) in [7, 11) is 1.78. The first-order valence-corrected chi connectivity index (χ1v) is 11.5. The van der Waals surface area contributed by atoms with E-state index in [-0.39, 0.29) is 12.4 Å². The van der Waals surface area contributed by atoms with Gasteiger partial charge in [-0.3, -0.25) is 0 Å². The zero-order chi connectivity index (χ0) is 20.3. The molecule has 1 heterocycles. The first kappa shape index (κ1) is 24.7. The predicted molar refractivity (Wildman–Crippen MR) is 130 cm³/mol. The van der Waals surface area contributed by atoms with E-state index in [1.807, 2.05) is 0 Å². The molecule has 2 aromatic carbocycles. The molecule has 4 heteroatoms. The molecule has 0 unspecified atom stereocenters. The Morgan fingerprint density at radius 2 is 1.83 bits per heavy atom. The lowest BCUT2D eigenvalue weighted by Gasteiger charge is -2.34. The van der Waals surface area contributed by atoms with E-state index in [1.54, 1.807) is 7.11 Å². The number of hydrogen-bond acceptors (Lipinski definition) is 3. The number of unbranched alkanes of at least 4 members (excludes halogenated alkanes) is 4. The normalized spacial score (nSPS) is 18.6. The van der Waals surface area contributed by atoms with Crippen LogP contribution < -0.4 is 15.4 Å². The minimum Gasteiger partial charge on any atom is -0.496 e. The molecule has 3 rings (SSSR count). The molecule has 2 N–H and O–H groups in total. The number of rotatable bonds is 11. The number of hydrogen-bond donors (Lipinski definition) is 2. The molecule has 0 saturated carbocycles. The van der Waals surface area contributed by atoms with Gasteiger partial charge in [0.15, 0.2) is 0 Å². The smallest absolute Gasteiger partial charge is 0.123 e. The zero-order valence-electron chi connectivity index (χ0n) is 18.7. The Morgan fingerprint density at radius 3 is 2.60 bits per heavy atom. The molecule has 30 heavy (non-hydrogen) atoms. The average Bonchev–Trinajstić information content (AvgIpc) is 2.78. The molecule has 2 atom stereocenters. The molecular weight excluding hydrogens is 392 g/mol. The van der Waals surface area contributed by atoms with E-state index in [0.717, 1.165) is 18.8 Å². The zero-order valence-corrected chi connectivity index (χ0v) is 19.5. The average molecular weight is 431 g/mol. The standard InChI is InChI=1S/C26H38N2O.ClH/c1-3-4-5-6-8-12-21-16-17-25(29-2)23(19-21)20-28-24-15-11-18-27-26(24)22-13-9-7-10-14-22;/h7,9-10,13-14,16-17,19,24,26-28H,3-6,8,11-12,15,18,20H2,1-2H3;1H/t24-,26-;/m0./s1. The van der Waals surface area contributed by atoms with E-state index in [0.29, 0.717) is 12.1 Å². The topological polar surface area (TPSA) is 33.3 Å². The molecular formula is C26H39ClN2O. The van der Waals surface area contributed by atoms with Gasteiger partial charge in [-0.2, -0.15) is 0 Å². The Kier molecular flexibility index (Phi) is 11.3. The number of nitrogens with one attached hydrogen (secondary N) is 2. The molecule has 0 amide bonds. The second-order valence-corrected chi connectivity index (χ2v) is 8.28. The molecule has 0 bridgehead atoms. The van der Waals surface area contributed by atoms with Crippen LogP contribution in [0.1, 0.15) is 74.6 Å². The summed E-state index contributed by atoms with van der Waals surface area (Å²) in [5.41, 5.74) is 4.08. The number of ether oxygens (including phenoxy) is 1. The van der Waals surface area contributed by atoms with Crippen molar-refractivity contribution in [2.45, 2.75) is 76.9 Å². The maximum Gasteiger partial charge on any atom is 0.123 e. The maximum absolute atomic E-state index is 5.65. The van der Waals surface area contributed by atoms with Crippen LogP contribution in [0.4, 0.5) is 0 Å². The Bertz CT molecular complexity index is 722. The van der Waals surface area contributed by atoms with E-state index < -0.39 is 0 Å². The highest BCUT2D eigenvalue weighted by Gasteiger charge is 2.25. The Labute approximate surface area is 189 Å². The second-order valence-electron chi connectivity index (χ2n) is 8.28. The van der Waals surface area contributed by atoms with Crippen LogP contribution in [0.5, 0.6) is 5.75 Å². The molecule has 0 aromatic heterocycles. The van der Waals surface area contributed by atoms with Gasteiger partial charge in [0.2, 0.25) is 0 Å². The van der Waals surface area contributed by atoms with Gasteiger partial charge in [-0.15, -0.1) is 12.4 Å². The summed E-state index contributed by atoms with van der Waals surface area (Å²) in [5.74, 6) is 0.993. The summed E-state index contributed by atoms with van der Waals surface area (Å²) in [6.45, 7) is 4.21. The summed E-state index contributed by atoms with van der Waals surface area (Å²) in [5, 5.41) is 7.54. The molecule has 1 aliphatic heterocycles. The highest BCUT2D eigenvalue weighted by molar-refractivity contribution is 5.85. The molecule has 0 radical (unpaired) electrons. The minimum absolute atomic E-state index is 0. The van der Waals surface area contributed by atoms with E-state index in [9.17, 15) is 0 Å². The Balaban J connectivity index is 0.00000320. The number of halogens is 1. The van der Waals surface area contributed by atoms with Crippen LogP contribution in [-0.4, -0.2) is 19.7 Å². The van der Waals surface area contributed by atoms with Gasteiger partial charge in [0.25, 0.3) is 0 Å². The minimum atomic E-state index is 0. The lowest BCUT2D eigenvalue weighted by molar-refractivity contribution is 0.303. The van der Waals surface area contributed by atoms with Gasteiger partial charge < -0.3 is 15.4 Å². The fourth-order valence-electron chi connectivity index (χ4n) is 4.42. The summed E-state index contributed by atoms with van der Waals surface area (Å²) < 4.78 is 5.65. The molecule has 1 fully saturated rings. The van der Waals surface area contributed by atoms with Crippen LogP contribution in [0.15, 0.2) is 48.5 Å². The fourth-order valence-corrected chi connectivity index (χ4v) is 4.42. The molecule has 1 aliphatic rings. The first-order valence-electron chi connectivity index (χ1n) is 11.5. The van der Waals surface area contributed by atoms with E-state index >= 15 is 0 Å². The lowest BCUT2D eigenvalue weighted by Crippen LogP contribution is -2.45. The van der Waals surface area contributed by atoms with Gasteiger partial charge in [0.05, 0.1) is 7.11 Å². The third kappa shape index (κ3) is 7.30. The first-order chi connectivity index (χ1) is 14.3. The van der Waals surface area contributed by atoms with Crippen LogP contribution in [0.3, 0.4) is 0 Å². The Hall–Kier alpha value is -1.55. The van der Waals surface area contributed by atoms with Gasteiger partial charge in [0, 0.05) is 24.2 Å². The molecule has 0 spiro atoms. The van der Waals surface area contributed by atoms with E-state index in [1.165, 1.54) is 68.1 Å². The molecule has 0 aliphatic carbocycles. The van der Waals surface area contributed by atoms with Gasteiger partial charge in [-0.1, -0.05) is 75.1 Å². The Morgan fingerprint density at radius 1 is 1.03 bits per heavy atom. The number of aryl methyl sites for hydroxylation is 1. The maximum atomic E-state index is 5.65. The van der Waals surface area contributed by atoms with Gasteiger partial charge in [-0.25, -0.2) is 0 Å². The molecule has 2 aromatic rings. The van der Waals surface area contributed by atoms with Crippen LogP contribution in [0.25, 0.3) is 0 Å². The van der Waals surface area contributed by atoms with Crippen LogP contribution in [-0.2, 0) is 13.0 Å². The van der Waals surface area contributed by atoms with Gasteiger partial charge >= 0.3 is 0 Å². The molecule has 1 saturated heterocycles. The van der Waals surface area contributed by atoms with Crippen molar-refractivity contribution in [1.82, 2.24) is 10.6 Å². The van der Waals surface area contributed by atoms with Gasteiger partial charge in [-0.05, 0) is 49.4 Å². The lowest BCUT2D eigenvalue weighted by atomic mass is 9.92. The second kappa shape index (κ2) is 13.7. The van der Waals surface area contributed by atoms with Crippen LogP contribution >= 0.6 is 12.4 Å². The molecule has 166 valence electrons. The van der Waals surface area contributed by atoms with Crippen molar-refractivity contribution < 1.29 is 4.74 Å². The van der Waals surface area contributed by atoms with Crippen LogP contribution in [0, 0.1) is 0 Å². The predicted octanol–water partition coefficient (Wildman–Crippen LogP) is 6.21. The highest BCUT2D eigenvalue weighted by atomic mass is 35.5. The van der Waals surface area contributed by atoms with Crippen LogP contribution in [0.2, 0.25) is 0 Å². The number of benzene rings is 2. The van der Waals surface area contributed by atoms with Crippen molar-refractivity contribution in [3.8, 4) is 5.75 Å². The SMILES string of the molecule is CCCCCCCc1ccc(OC)c(CN[C@H]2CCCN[C@H]2c2ccccc2)c1.Cl. The third-order valence-corrected chi connectivity index (χ3v) is 6.09. The largest absolute Gasteiger partial charge is 0.496 e. The van der Waals surface area contributed by atoms with Crippen molar-refractivity contribution in [2.24, 2.45) is 0 Å². The number of methoxy groups -OCH3 is 1. The van der Waals surface area contributed by atoms with E-state index in [4.69, 9.17) is 4.74 Å². The van der Waals surface area contributed by atoms with Crippen molar-refractivity contribution >= 4 is 12.4 Å². The van der Waals surface area contributed by atoms with Crippen molar-refractivity contribution in [3.63, 3.8) is 0 Å². The van der Waals surface area contributed by atoms with Crippen molar-refractivity contribution in [3.05, 3.63) is 65.2 Å². The number of piperidine rings is 1. The quantitative estimate of drug-likeness (QED) is 0.415.